The molecule has 27 heavy (non-hydrogen) atoms. The van der Waals surface area contributed by atoms with Gasteiger partial charge in [-0.05, 0) is 24.3 Å². The zero-order valence-electron chi connectivity index (χ0n) is 15.9. The highest BCUT2D eigenvalue weighted by atomic mass is 16.5. The van der Waals surface area contributed by atoms with Crippen LogP contribution < -0.4 is 14.8 Å². The molecule has 0 unspecified atom stereocenters. The molecule has 0 saturated carbocycles. The molecule has 0 fully saturated rings. The Labute approximate surface area is 159 Å². The summed E-state index contributed by atoms with van der Waals surface area (Å²) in [4.78, 5) is 16.6. The van der Waals surface area contributed by atoms with E-state index in [9.17, 15) is 4.79 Å². The highest BCUT2D eigenvalue weighted by molar-refractivity contribution is 5.78. The first-order valence-electron chi connectivity index (χ1n) is 9.07. The van der Waals surface area contributed by atoms with Gasteiger partial charge in [-0.2, -0.15) is 0 Å². The molecule has 3 aromatic rings. The lowest BCUT2D eigenvalue weighted by atomic mass is 10.2. The number of ether oxygens (including phenoxy) is 2. The van der Waals surface area contributed by atoms with Crippen LogP contribution in [0, 0.1) is 5.92 Å². The van der Waals surface area contributed by atoms with Crippen LogP contribution in [0.5, 0.6) is 11.5 Å². The Morgan fingerprint density at radius 1 is 1.15 bits per heavy atom. The highest BCUT2D eigenvalue weighted by Crippen LogP contribution is 2.20. The van der Waals surface area contributed by atoms with E-state index in [1.54, 1.807) is 7.11 Å². The van der Waals surface area contributed by atoms with E-state index in [1.165, 1.54) is 0 Å². The van der Waals surface area contributed by atoms with E-state index in [-0.39, 0.29) is 11.8 Å². The number of carbonyl (C=O) groups excluding carboxylic acids is 1. The van der Waals surface area contributed by atoms with Crippen LogP contribution in [0.3, 0.4) is 0 Å². The molecule has 1 N–H and O–H groups in total. The number of rotatable bonds is 8. The van der Waals surface area contributed by atoms with Crippen LogP contribution in [0.1, 0.15) is 19.7 Å². The lowest BCUT2D eigenvalue weighted by Crippen LogP contribution is -2.28. The van der Waals surface area contributed by atoms with E-state index in [0.29, 0.717) is 19.7 Å². The molecule has 2 aromatic carbocycles. The van der Waals surface area contributed by atoms with Crippen LogP contribution in [0.15, 0.2) is 48.5 Å². The molecule has 0 aliphatic heterocycles. The number of methoxy groups -OCH3 is 1. The zero-order chi connectivity index (χ0) is 19.2. The van der Waals surface area contributed by atoms with Gasteiger partial charge in [0.1, 0.15) is 23.9 Å². The molecule has 0 radical (unpaired) electrons. The Morgan fingerprint density at radius 2 is 1.93 bits per heavy atom. The summed E-state index contributed by atoms with van der Waals surface area (Å²) in [6.07, 6.45) is 0. The van der Waals surface area contributed by atoms with E-state index in [1.807, 2.05) is 62.4 Å². The predicted molar refractivity (Wildman–Crippen MR) is 105 cm³/mol. The van der Waals surface area contributed by atoms with Gasteiger partial charge in [0.25, 0.3) is 0 Å². The van der Waals surface area contributed by atoms with Gasteiger partial charge in [-0.25, -0.2) is 4.98 Å². The smallest absolute Gasteiger partial charge is 0.222 e. The quantitative estimate of drug-likeness (QED) is 0.663. The normalized spacial score (nSPS) is 11.0. The summed E-state index contributed by atoms with van der Waals surface area (Å²) in [5, 5.41) is 2.94. The molecular weight excluding hydrogens is 342 g/mol. The van der Waals surface area contributed by atoms with Gasteiger partial charge >= 0.3 is 0 Å². The van der Waals surface area contributed by atoms with Gasteiger partial charge in [-0.3, -0.25) is 4.79 Å². The molecule has 0 aliphatic carbocycles. The molecule has 0 saturated heterocycles. The standard InChI is InChI=1S/C21H25N3O3/c1-15(2)21(25)22-14-20-23-18-9-4-5-10-19(18)24(20)11-12-27-17-8-6-7-16(13-17)26-3/h4-10,13,15H,11-12,14H2,1-3H3,(H,22,25). The number of nitrogens with zero attached hydrogens (tertiary/aromatic N) is 2. The van der Waals surface area contributed by atoms with Gasteiger partial charge in [0.05, 0.1) is 31.2 Å². The van der Waals surface area contributed by atoms with Crippen molar-refractivity contribution in [2.75, 3.05) is 13.7 Å². The fourth-order valence-electron chi connectivity index (χ4n) is 2.83. The van der Waals surface area contributed by atoms with Crippen molar-refractivity contribution in [2.24, 2.45) is 5.92 Å². The fourth-order valence-corrected chi connectivity index (χ4v) is 2.83. The van der Waals surface area contributed by atoms with Gasteiger partial charge in [0.15, 0.2) is 0 Å². The number of hydrogen-bond acceptors (Lipinski definition) is 4. The summed E-state index contributed by atoms with van der Waals surface area (Å²) in [6.45, 7) is 5.26. The SMILES string of the molecule is COc1cccc(OCCn2c(CNC(=O)C(C)C)nc3ccccc32)c1. The molecule has 0 aliphatic rings. The van der Waals surface area contributed by atoms with Crippen molar-refractivity contribution in [2.45, 2.75) is 26.9 Å². The molecule has 142 valence electrons. The average molecular weight is 367 g/mol. The maximum atomic E-state index is 11.9. The van der Waals surface area contributed by atoms with Crippen molar-refractivity contribution in [3.8, 4) is 11.5 Å². The molecule has 6 nitrogen and oxygen atoms in total. The topological polar surface area (TPSA) is 65.4 Å². The number of benzene rings is 2. The molecule has 1 amide bonds. The monoisotopic (exact) mass is 367 g/mol. The minimum absolute atomic E-state index is 0.0150. The molecule has 1 heterocycles. The fraction of sp³-hybridized carbons (Fsp3) is 0.333. The van der Waals surface area contributed by atoms with Crippen LogP contribution in [-0.2, 0) is 17.9 Å². The Kier molecular flexibility index (Phi) is 5.96. The van der Waals surface area contributed by atoms with Crippen molar-refractivity contribution in [3.63, 3.8) is 0 Å². The number of imidazole rings is 1. The molecular formula is C21H25N3O3. The van der Waals surface area contributed by atoms with E-state index in [2.05, 4.69) is 14.9 Å². The Bertz CT molecular complexity index is 918. The third kappa shape index (κ3) is 4.58. The van der Waals surface area contributed by atoms with Crippen LogP contribution in [0.4, 0.5) is 0 Å². The summed E-state index contributed by atoms with van der Waals surface area (Å²) in [5.74, 6) is 2.30. The lowest BCUT2D eigenvalue weighted by molar-refractivity contribution is -0.124. The number of amides is 1. The number of para-hydroxylation sites is 2. The third-order valence-electron chi connectivity index (χ3n) is 4.30. The second-order valence-corrected chi connectivity index (χ2v) is 6.57. The summed E-state index contributed by atoms with van der Waals surface area (Å²) < 4.78 is 13.2. The Hall–Kier alpha value is -3.02. The third-order valence-corrected chi connectivity index (χ3v) is 4.30. The number of hydrogen-bond donors (Lipinski definition) is 1. The van der Waals surface area contributed by atoms with Crippen LogP contribution >= 0.6 is 0 Å². The second kappa shape index (κ2) is 8.58. The molecule has 0 atom stereocenters. The number of aromatic nitrogens is 2. The van der Waals surface area contributed by atoms with Crippen LogP contribution in [-0.4, -0.2) is 29.2 Å². The van der Waals surface area contributed by atoms with E-state index >= 15 is 0 Å². The van der Waals surface area contributed by atoms with Crippen molar-refractivity contribution >= 4 is 16.9 Å². The Balaban J connectivity index is 1.73. The Morgan fingerprint density at radius 3 is 2.70 bits per heavy atom. The van der Waals surface area contributed by atoms with Crippen LogP contribution in [0.2, 0.25) is 0 Å². The van der Waals surface area contributed by atoms with Gasteiger partial charge in [-0.15, -0.1) is 0 Å². The lowest BCUT2D eigenvalue weighted by Gasteiger charge is -2.12. The summed E-state index contributed by atoms with van der Waals surface area (Å²) in [5.41, 5.74) is 1.94. The highest BCUT2D eigenvalue weighted by Gasteiger charge is 2.13. The van der Waals surface area contributed by atoms with Crippen molar-refractivity contribution < 1.29 is 14.3 Å². The van der Waals surface area contributed by atoms with Crippen molar-refractivity contribution in [1.29, 1.82) is 0 Å². The largest absolute Gasteiger partial charge is 0.497 e. The van der Waals surface area contributed by atoms with Crippen molar-refractivity contribution in [1.82, 2.24) is 14.9 Å². The second-order valence-electron chi connectivity index (χ2n) is 6.57. The maximum absolute atomic E-state index is 11.9. The van der Waals surface area contributed by atoms with E-state index in [4.69, 9.17) is 9.47 Å². The zero-order valence-corrected chi connectivity index (χ0v) is 15.9. The average Bonchev–Trinajstić information content (AvgIpc) is 3.04. The summed E-state index contributed by atoms with van der Waals surface area (Å²) in [7, 11) is 1.63. The number of carbonyl (C=O) groups is 1. The molecule has 1 aromatic heterocycles. The summed E-state index contributed by atoms with van der Waals surface area (Å²) >= 11 is 0. The van der Waals surface area contributed by atoms with Crippen LogP contribution in [0.25, 0.3) is 11.0 Å². The van der Waals surface area contributed by atoms with E-state index < -0.39 is 0 Å². The molecule has 0 spiro atoms. The minimum Gasteiger partial charge on any atom is -0.497 e. The van der Waals surface area contributed by atoms with Crippen molar-refractivity contribution in [3.05, 3.63) is 54.4 Å². The summed E-state index contributed by atoms with van der Waals surface area (Å²) in [6, 6.07) is 15.5. The van der Waals surface area contributed by atoms with Gasteiger partial charge in [0, 0.05) is 12.0 Å². The molecule has 0 bridgehead atoms. The van der Waals surface area contributed by atoms with Gasteiger partial charge < -0.3 is 19.4 Å². The molecule has 6 heteroatoms. The van der Waals surface area contributed by atoms with E-state index in [0.717, 1.165) is 28.4 Å². The van der Waals surface area contributed by atoms with Gasteiger partial charge in [-0.1, -0.05) is 32.0 Å². The first-order chi connectivity index (χ1) is 13.1. The molecule has 3 rings (SSSR count). The number of nitrogens with one attached hydrogen (secondary N) is 1. The first kappa shape index (κ1) is 18.8. The van der Waals surface area contributed by atoms with Gasteiger partial charge in [0.2, 0.25) is 5.91 Å². The maximum Gasteiger partial charge on any atom is 0.222 e. The number of fused-ring (bicyclic) bond motifs is 1. The predicted octanol–water partition coefficient (Wildman–Crippen LogP) is 3.40. The minimum atomic E-state index is -0.0563. The first-order valence-corrected chi connectivity index (χ1v) is 9.07.